The van der Waals surface area contributed by atoms with Crippen LogP contribution in [0.15, 0.2) is 48.5 Å². The van der Waals surface area contributed by atoms with Gasteiger partial charge in [-0.15, -0.1) is 0 Å². The minimum atomic E-state index is -0.225. The molecule has 0 aromatic heterocycles. The van der Waals surface area contributed by atoms with Gasteiger partial charge in [0.05, 0.1) is 0 Å². The Morgan fingerprint density at radius 1 is 1.12 bits per heavy atom. The second-order valence-corrected chi connectivity index (χ2v) is 6.35. The van der Waals surface area contributed by atoms with Crippen molar-refractivity contribution >= 4 is 5.69 Å². The molecule has 24 heavy (non-hydrogen) atoms. The van der Waals surface area contributed by atoms with Gasteiger partial charge in [-0.25, -0.2) is 4.39 Å². The molecule has 0 radical (unpaired) electrons. The topological polar surface area (TPSA) is 35.5 Å². The smallest absolute Gasteiger partial charge is 0.125 e. The Labute approximate surface area is 144 Å². The average molecular weight is 330 g/mol. The highest BCUT2D eigenvalue weighted by Crippen LogP contribution is 2.27. The number of aliphatic hydroxyl groups is 1. The van der Waals surface area contributed by atoms with Crippen LogP contribution in [0.5, 0.6) is 0 Å². The number of aliphatic hydroxyl groups excluding tert-OH is 1. The quantitative estimate of drug-likeness (QED) is 0.774. The largest absolute Gasteiger partial charge is 0.396 e. The van der Waals surface area contributed by atoms with Gasteiger partial charge >= 0.3 is 0 Å². The number of rotatable bonds is 8. The minimum absolute atomic E-state index is 0.0907. The summed E-state index contributed by atoms with van der Waals surface area (Å²) in [5.41, 5.74) is 3.17. The van der Waals surface area contributed by atoms with Crippen LogP contribution in [0.2, 0.25) is 0 Å². The van der Waals surface area contributed by atoms with Gasteiger partial charge in [-0.2, -0.15) is 0 Å². The van der Waals surface area contributed by atoms with E-state index in [-0.39, 0.29) is 24.4 Å². The lowest BCUT2D eigenvalue weighted by Crippen LogP contribution is -2.27. The van der Waals surface area contributed by atoms with Crippen molar-refractivity contribution in [1.29, 1.82) is 0 Å². The standard InChI is InChI=1S/C20H27FN2O/c1-15(19-10-9-18(21)13-20(19)23(2)3)22-14-17(11-12-24)16-7-5-4-6-8-16/h4-10,13,15,17,22,24H,11-12,14H2,1-3H3. The first kappa shape index (κ1) is 18.4. The van der Waals surface area contributed by atoms with Crippen molar-refractivity contribution in [3.8, 4) is 0 Å². The number of anilines is 1. The first-order chi connectivity index (χ1) is 11.5. The van der Waals surface area contributed by atoms with Crippen molar-refractivity contribution in [2.45, 2.75) is 25.3 Å². The Morgan fingerprint density at radius 3 is 2.46 bits per heavy atom. The van der Waals surface area contributed by atoms with Gasteiger partial charge in [0, 0.05) is 39.0 Å². The van der Waals surface area contributed by atoms with Gasteiger partial charge in [0.1, 0.15) is 5.82 Å². The van der Waals surface area contributed by atoms with Gasteiger partial charge in [0.25, 0.3) is 0 Å². The van der Waals surface area contributed by atoms with Gasteiger partial charge in [0.2, 0.25) is 0 Å². The normalized spacial score (nSPS) is 13.5. The summed E-state index contributed by atoms with van der Waals surface area (Å²) in [5.74, 6) is 0.0268. The van der Waals surface area contributed by atoms with E-state index in [1.807, 2.05) is 43.3 Å². The molecule has 0 aliphatic heterocycles. The van der Waals surface area contributed by atoms with Crippen molar-refractivity contribution in [3.05, 3.63) is 65.5 Å². The third-order valence-corrected chi connectivity index (χ3v) is 4.36. The van der Waals surface area contributed by atoms with E-state index in [0.717, 1.165) is 17.8 Å². The van der Waals surface area contributed by atoms with Crippen LogP contribution in [0.4, 0.5) is 10.1 Å². The fourth-order valence-electron chi connectivity index (χ4n) is 2.97. The van der Waals surface area contributed by atoms with E-state index in [1.54, 1.807) is 6.07 Å². The maximum absolute atomic E-state index is 13.5. The molecule has 0 saturated heterocycles. The van der Waals surface area contributed by atoms with E-state index in [2.05, 4.69) is 24.4 Å². The molecule has 0 saturated carbocycles. The van der Waals surface area contributed by atoms with Gasteiger partial charge < -0.3 is 15.3 Å². The number of nitrogens with zero attached hydrogens (tertiary/aromatic N) is 1. The molecule has 0 aliphatic carbocycles. The molecule has 0 bridgehead atoms. The maximum Gasteiger partial charge on any atom is 0.125 e. The van der Waals surface area contributed by atoms with Gasteiger partial charge in [-0.3, -0.25) is 0 Å². The third kappa shape index (κ3) is 4.79. The van der Waals surface area contributed by atoms with Crippen molar-refractivity contribution in [2.24, 2.45) is 0 Å². The number of halogens is 1. The summed E-state index contributed by atoms with van der Waals surface area (Å²) in [6.45, 7) is 3.01. The molecule has 2 rings (SSSR count). The Balaban J connectivity index is 2.10. The number of nitrogens with one attached hydrogen (secondary N) is 1. The molecular weight excluding hydrogens is 303 g/mol. The van der Waals surface area contributed by atoms with Gasteiger partial charge in [-0.05, 0) is 42.5 Å². The molecule has 2 unspecified atom stereocenters. The fourth-order valence-corrected chi connectivity index (χ4v) is 2.97. The molecule has 130 valence electrons. The highest BCUT2D eigenvalue weighted by atomic mass is 19.1. The summed E-state index contributed by atoms with van der Waals surface area (Å²) in [6, 6.07) is 15.2. The van der Waals surface area contributed by atoms with E-state index in [4.69, 9.17) is 0 Å². The molecule has 0 amide bonds. The van der Waals surface area contributed by atoms with Crippen LogP contribution in [-0.4, -0.2) is 32.4 Å². The zero-order chi connectivity index (χ0) is 17.5. The monoisotopic (exact) mass is 330 g/mol. The Hall–Kier alpha value is -1.91. The molecular formula is C20H27FN2O. The summed E-state index contributed by atoms with van der Waals surface area (Å²) in [6.07, 6.45) is 0.716. The van der Waals surface area contributed by atoms with Crippen LogP contribution in [0, 0.1) is 5.82 Å². The Bertz CT molecular complexity index is 631. The molecule has 2 N–H and O–H groups in total. The second-order valence-electron chi connectivity index (χ2n) is 6.35. The molecule has 2 aromatic carbocycles. The van der Waals surface area contributed by atoms with Crippen LogP contribution < -0.4 is 10.2 Å². The van der Waals surface area contributed by atoms with Crippen LogP contribution in [0.3, 0.4) is 0 Å². The summed E-state index contributed by atoms with van der Waals surface area (Å²) >= 11 is 0. The zero-order valence-corrected chi connectivity index (χ0v) is 14.7. The van der Waals surface area contributed by atoms with E-state index >= 15 is 0 Å². The van der Waals surface area contributed by atoms with E-state index in [1.165, 1.54) is 11.6 Å². The van der Waals surface area contributed by atoms with Crippen LogP contribution in [-0.2, 0) is 0 Å². The summed E-state index contributed by atoms with van der Waals surface area (Å²) < 4.78 is 13.5. The molecule has 0 spiro atoms. The number of benzene rings is 2. The van der Waals surface area contributed by atoms with Gasteiger partial charge in [0.15, 0.2) is 0 Å². The predicted octanol–water partition coefficient (Wildman–Crippen LogP) is 3.71. The van der Waals surface area contributed by atoms with Gasteiger partial charge in [-0.1, -0.05) is 36.4 Å². The van der Waals surface area contributed by atoms with Crippen molar-refractivity contribution in [1.82, 2.24) is 5.32 Å². The molecule has 4 heteroatoms. The minimum Gasteiger partial charge on any atom is -0.396 e. The van der Waals surface area contributed by atoms with Crippen LogP contribution in [0.25, 0.3) is 0 Å². The second kappa shape index (κ2) is 8.81. The molecule has 0 aliphatic rings. The Kier molecular flexibility index (Phi) is 6.76. The first-order valence-electron chi connectivity index (χ1n) is 8.39. The molecule has 2 atom stereocenters. The molecule has 0 fully saturated rings. The maximum atomic E-state index is 13.5. The first-order valence-corrected chi connectivity index (χ1v) is 8.39. The lowest BCUT2D eigenvalue weighted by Gasteiger charge is -2.25. The van der Waals surface area contributed by atoms with Crippen molar-refractivity contribution in [2.75, 3.05) is 32.1 Å². The zero-order valence-electron chi connectivity index (χ0n) is 14.7. The summed E-state index contributed by atoms with van der Waals surface area (Å²) in [5, 5.41) is 12.9. The molecule has 2 aromatic rings. The third-order valence-electron chi connectivity index (χ3n) is 4.36. The summed E-state index contributed by atoms with van der Waals surface area (Å²) in [7, 11) is 3.84. The molecule has 3 nitrogen and oxygen atoms in total. The van der Waals surface area contributed by atoms with Crippen LogP contribution >= 0.6 is 0 Å². The van der Waals surface area contributed by atoms with Crippen LogP contribution in [0.1, 0.15) is 36.4 Å². The van der Waals surface area contributed by atoms with Crippen molar-refractivity contribution in [3.63, 3.8) is 0 Å². The number of hydrogen-bond donors (Lipinski definition) is 2. The van der Waals surface area contributed by atoms with Crippen molar-refractivity contribution < 1.29 is 9.50 Å². The molecule has 0 heterocycles. The Morgan fingerprint density at radius 2 is 1.83 bits per heavy atom. The highest BCUT2D eigenvalue weighted by molar-refractivity contribution is 5.54. The lowest BCUT2D eigenvalue weighted by atomic mass is 9.95. The number of hydrogen-bond acceptors (Lipinski definition) is 3. The fraction of sp³-hybridized carbons (Fsp3) is 0.400. The van der Waals surface area contributed by atoms with E-state index in [0.29, 0.717) is 6.42 Å². The SMILES string of the molecule is CC(NCC(CCO)c1ccccc1)c1ccc(F)cc1N(C)C. The van der Waals surface area contributed by atoms with E-state index in [9.17, 15) is 9.50 Å². The van der Waals surface area contributed by atoms with E-state index < -0.39 is 0 Å². The average Bonchev–Trinajstić information content (AvgIpc) is 2.59. The summed E-state index contributed by atoms with van der Waals surface area (Å²) in [4.78, 5) is 1.93. The highest BCUT2D eigenvalue weighted by Gasteiger charge is 2.16. The lowest BCUT2D eigenvalue weighted by molar-refractivity contribution is 0.272. The predicted molar refractivity (Wildman–Crippen MR) is 98.0 cm³/mol.